The van der Waals surface area contributed by atoms with Gasteiger partial charge in [0, 0.05) is 41.2 Å². The van der Waals surface area contributed by atoms with Gasteiger partial charge in [0.1, 0.15) is 0 Å². The lowest BCUT2D eigenvalue weighted by molar-refractivity contribution is -0.117. The molecule has 4 nitrogen and oxygen atoms in total. The summed E-state index contributed by atoms with van der Waals surface area (Å²) in [7, 11) is 0. The van der Waals surface area contributed by atoms with Gasteiger partial charge in [-0.15, -0.1) is 36.6 Å². The number of halogens is 2. The van der Waals surface area contributed by atoms with E-state index in [4.69, 9.17) is 5.73 Å². The Labute approximate surface area is 171 Å². The first-order valence-corrected chi connectivity index (χ1v) is 9.36. The second-order valence-corrected chi connectivity index (χ2v) is 7.33. The zero-order valence-electron chi connectivity index (χ0n) is 14.5. The van der Waals surface area contributed by atoms with Gasteiger partial charge in [-0.3, -0.25) is 9.78 Å². The van der Waals surface area contributed by atoms with Crippen LogP contribution in [0.25, 0.3) is 0 Å². The van der Waals surface area contributed by atoms with Crippen molar-refractivity contribution >= 4 is 48.2 Å². The third kappa shape index (κ3) is 6.80. The van der Waals surface area contributed by atoms with Crippen molar-refractivity contribution in [2.45, 2.75) is 42.4 Å². The molecule has 3 N–H and O–H groups in total. The monoisotopic (exact) mass is 413 g/mol. The fourth-order valence-corrected chi connectivity index (χ4v) is 3.89. The zero-order valence-corrected chi connectivity index (χ0v) is 16.9. The number of benzene rings is 1. The molecule has 1 amide bonds. The van der Waals surface area contributed by atoms with Crippen LogP contribution in [0.3, 0.4) is 0 Å². The summed E-state index contributed by atoms with van der Waals surface area (Å²) in [6, 6.07) is 12.2. The largest absolute Gasteiger partial charge is 0.327 e. The zero-order chi connectivity index (χ0) is 16.8. The molecule has 0 spiro atoms. The fourth-order valence-electron chi connectivity index (χ4n) is 3.05. The minimum absolute atomic E-state index is 0. The van der Waals surface area contributed by atoms with Gasteiger partial charge in [0.25, 0.3) is 0 Å². The molecule has 3 rings (SSSR count). The second-order valence-electron chi connectivity index (χ2n) is 6.28. The van der Waals surface area contributed by atoms with Gasteiger partial charge in [-0.05, 0) is 54.7 Å². The Morgan fingerprint density at radius 1 is 1.19 bits per heavy atom. The predicted molar refractivity (Wildman–Crippen MR) is 113 cm³/mol. The van der Waals surface area contributed by atoms with Crippen LogP contribution in [0.5, 0.6) is 0 Å². The second kappa shape index (κ2) is 11.4. The van der Waals surface area contributed by atoms with Crippen LogP contribution in [0.15, 0.2) is 53.7 Å². The summed E-state index contributed by atoms with van der Waals surface area (Å²) in [5, 5.41) is 2.98. The number of anilines is 1. The molecular weight excluding hydrogens is 389 g/mol. The lowest BCUT2D eigenvalue weighted by Crippen LogP contribution is -2.28. The van der Waals surface area contributed by atoms with Crippen LogP contribution >= 0.6 is 36.6 Å². The minimum Gasteiger partial charge on any atom is -0.327 e. The number of carbonyl (C=O) groups is 1. The van der Waals surface area contributed by atoms with E-state index < -0.39 is 0 Å². The predicted octanol–water partition coefficient (Wildman–Crippen LogP) is 4.67. The summed E-state index contributed by atoms with van der Waals surface area (Å²) in [5.41, 5.74) is 8.08. The molecule has 0 radical (unpaired) electrons. The van der Waals surface area contributed by atoms with Gasteiger partial charge in [-0.2, -0.15) is 0 Å². The highest BCUT2D eigenvalue weighted by molar-refractivity contribution is 7.98. The molecule has 0 aliphatic heterocycles. The van der Waals surface area contributed by atoms with E-state index in [1.807, 2.05) is 36.5 Å². The average Bonchev–Trinajstić information content (AvgIpc) is 3.00. The van der Waals surface area contributed by atoms with Crippen molar-refractivity contribution in [2.24, 2.45) is 11.7 Å². The van der Waals surface area contributed by atoms with Crippen molar-refractivity contribution in [2.75, 3.05) is 5.32 Å². The van der Waals surface area contributed by atoms with Crippen molar-refractivity contribution < 1.29 is 4.79 Å². The smallest absolute Gasteiger partial charge is 0.224 e. The fraction of sp³-hybridized carbons (Fsp3) is 0.368. The van der Waals surface area contributed by atoms with Gasteiger partial charge in [-0.25, -0.2) is 0 Å². The third-order valence-electron chi connectivity index (χ3n) is 4.43. The average molecular weight is 414 g/mol. The number of carbonyl (C=O) groups excluding carboxylic acids is 1. The highest BCUT2D eigenvalue weighted by Gasteiger charge is 2.25. The van der Waals surface area contributed by atoms with Gasteiger partial charge in [0.15, 0.2) is 0 Å². The molecule has 1 aromatic carbocycles. The lowest BCUT2D eigenvalue weighted by Gasteiger charge is -2.14. The van der Waals surface area contributed by atoms with Crippen molar-refractivity contribution in [3.8, 4) is 0 Å². The molecule has 0 unspecified atom stereocenters. The van der Waals surface area contributed by atoms with Gasteiger partial charge >= 0.3 is 0 Å². The Morgan fingerprint density at radius 3 is 2.58 bits per heavy atom. The van der Waals surface area contributed by atoms with E-state index in [1.165, 1.54) is 10.5 Å². The Morgan fingerprint density at radius 2 is 1.96 bits per heavy atom. The summed E-state index contributed by atoms with van der Waals surface area (Å²) >= 11 is 1.76. The maximum atomic E-state index is 12.1. The number of aromatic nitrogens is 1. The van der Waals surface area contributed by atoms with Crippen molar-refractivity contribution in [3.05, 3.63) is 54.4 Å². The van der Waals surface area contributed by atoms with Crippen molar-refractivity contribution in [3.63, 3.8) is 0 Å². The quantitative estimate of drug-likeness (QED) is 0.674. The standard InChI is InChI=1S/C19H23N3OS.2ClH/c20-18-5-1-4-15(18)11-19(23)22-16-6-8-17(9-7-16)24-13-14-3-2-10-21-12-14;;/h2-3,6-10,12,15,18H,1,4-5,11,13,20H2,(H,22,23);2*1H/t15-,18+;;/m0../s1. The number of nitrogens with one attached hydrogen (secondary N) is 1. The summed E-state index contributed by atoms with van der Waals surface area (Å²) in [4.78, 5) is 17.4. The normalized spacial score (nSPS) is 18.5. The summed E-state index contributed by atoms with van der Waals surface area (Å²) in [6.07, 6.45) is 7.44. The number of nitrogens with zero attached hydrogens (tertiary/aromatic N) is 1. The van der Waals surface area contributed by atoms with Gasteiger partial charge in [0.2, 0.25) is 5.91 Å². The number of hydrogen-bond acceptors (Lipinski definition) is 4. The topological polar surface area (TPSA) is 68.0 Å². The van der Waals surface area contributed by atoms with Crippen LogP contribution in [0.1, 0.15) is 31.2 Å². The van der Waals surface area contributed by atoms with E-state index >= 15 is 0 Å². The molecule has 0 saturated heterocycles. The van der Waals surface area contributed by atoms with Crippen LogP contribution in [-0.2, 0) is 10.5 Å². The number of rotatable bonds is 6. The van der Waals surface area contributed by atoms with E-state index in [-0.39, 0.29) is 36.8 Å². The highest BCUT2D eigenvalue weighted by Crippen LogP contribution is 2.28. The molecule has 2 atom stereocenters. The van der Waals surface area contributed by atoms with Crippen LogP contribution < -0.4 is 11.1 Å². The molecule has 1 aliphatic rings. The van der Waals surface area contributed by atoms with E-state index in [0.717, 1.165) is 30.7 Å². The number of hydrogen-bond donors (Lipinski definition) is 2. The first kappa shape index (κ1) is 22.8. The molecule has 26 heavy (non-hydrogen) atoms. The molecule has 1 aliphatic carbocycles. The molecule has 0 bridgehead atoms. The third-order valence-corrected chi connectivity index (χ3v) is 5.51. The van der Waals surface area contributed by atoms with Crippen molar-refractivity contribution in [1.82, 2.24) is 4.98 Å². The van der Waals surface area contributed by atoms with Crippen molar-refractivity contribution in [1.29, 1.82) is 0 Å². The van der Waals surface area contributed by atoms with Crippen LogP contribution in [0, 0.1) is 5.92 Å². The SMILES string of the molecule is Cl.Cl.N[C@@H]1CCC[C@H]1CC(=O)Nc1ccc(SCc2cccnc2)cc1. The summed E-state index contributed by atoms with van der Waals surface area (Å²) in [6.45, 7) is 0. The van der Waals surface area contributed by atoms with Crippen LogP contribution in [-0.4, -0.2) is 16.9 Å². The van der Waals surface area contributed by atoms with E-state index in [1.54, 1.807) is 18.0 Å². The Balaban J connectivity index is 0.00000169. The molecule has 1 heterocycles. The van der Waals surface area contributed by atoms with Gasteiger partial charge in [-0.1, -0.05) is 12.5 Å². The molecule has 2 aromatic rings. The van der Waals surface area contributed by atoms with E-state index in [0.29, 0.717) is 12.3 Å². The molecule has 1 aromatic heterocycles. The Bertz CT molecular complexity index is 670. The first-order valence-electron chi connectivity index (χ1n) is 8.38. The summed E-state index contributed by atoms with van der Waals surface area (Å²) < 4.78 is 0. The first-order chi connectivity index (χ1) is 11.7. The number of pyridine rings is 1. The molecule has 1 fully saturated rings. The maximum absolute atomic E-state index is 12.1. The molecule has 1 saturated carbocycles. The number of amides is 1. The maximum Gasteiger partial charge on any atom is 0.224 e. The molecule has 142 valence electrons. The van der Waals surface area contributed by atoms with Crippen LogP contribution in [0.2, 0.25) is 0 Å². The minimum atomic E-state index is 0. The van der Waals surface area contributed by atoms with Crippen LogP contribution in [0.4, 0.5) is 5.69 Å². The molecule has 7 heteroatoms. The lowest BCUT2D eigenvalue weighted by atomic mass is 10.00. The number of thioether (sulfide) groups is 1. The summed E-state index contributed by atoms with van der Waals surface area (Å²) in [5.74, 6) is 1.28. The Hall–Kier alpha value is -1.27. The molecular formula is C19H25Cl2N3OS. The van der Waals surface area contributed by atoms with Gasteiger partial charge < -0.3 is 11.1 Å². The van der Waals surface area contributed by atoms with Gasteiger partial charge in [0.05, 0.1) is 0 Å². The highest BCUT2D eigenvalue weighted by atomic mass is 35.5. The number of nitrogens with two attached hydrogens (primary N) is 1. The van der Waals surface area contributed by atoms with E-state index in [9.17, 15) is 4.79 Å². The Kier molecular flexibility index (Phi) is 10.0. The van der Waals surface area contributed by atoms with E-state index in [2.05, 4.69) is 16.4 Å².